The van der Waals surface area contributed by atoms with Gasteiger partial charge in [0.25, 0.3) is 5.69 Å². The molecule has 0 radical (unpaired) electrons. The van der Waals surface area contributed by atoms with Gasteiger partial charge in [-0.2, -0.15) is 0 Å². The number of benzene rings is 1. The van der Waals surface area contributed by atoms with Crippen LogP contribution in [0.5, 0.6) is 0 Å². The van der Waals surface area contributed by atoms with Crippen LogP contribution in [0.4, 0.5) is 5.69 Å². The predicted octanol–water partition coefficient (Wildman–Crippen LogP) is 0.935. The number of imidazole rings is 1. The zero-order valence-corrected chi connectivity index (χ0v) is 13.4. The van der Waals surface area contributed by atoms with E-state index < -0.39 is 22.9 Å². The summed E-state index contributed by atoms with van der Waals surface area (Å²) < 4.78 is 13.3. The van der Waals surface area contributed by atoms with Crippen LogP contribution in [0.3, 0.4) is 0 Å². The summed E-state index contributed by atoms with van der Waals surface area (Å²) in [5, 5.41) is 20.1. The first-order valence-electron chi connectivity index (χ1n) is 7.77. The fourth-order valence-electron chi connectivity index (χ4n) is 2.88. The highest BCUT2D eigenvalue weighted by Gasteiger charge is 2.31. The van der Waals surface area contributed by atoms with Crippen molar-refractivity contribution < 1.29 is 19.5 Å². The van der Waals surface area contributed by atoms with Gasteiger partial charge in [0.1, 0.15) is 18.5 Å². The average Bonchev–Trinajstić information content (AvgIpc) is 3.29. The summed E-state index contributed by atoms with van der Waals surface area (Å²) in [5.41, 5.74) is 1.18. The zero-order valence-electron chi connectivity index (χ0n) is 13.4. The molecule has 1 unspecified atom stereocenters. The first kappa shape index (κ1) is 16.4. The lowest BCUT2D eigenvalue weighted by Crippen LogP contribution is -2.34. The van der Waals surface area contributed by atoms with Crippen molar-refractivity contribution in [2.24, 2.45) is 0 Å². The van der Waals surface area contributed by atoms with Crippen molar-refractivity contribution in [3.63, 3.8) is 0 Å². The van der Waals surface area contributed by atoms with Gasteiger partial charge in [-0.3, -0.25) is 19.1 Å². The highest BCUT2D eigenvalue weighted by atomic mass is 16.7. The Hall–Kier alpha value is -3.08. The van der Waals surface area contributed by atoms with Crippen molar-refractivity contribution in [3.05, 3.63) is 63.3 Å². The van der Waals surface area contributed by atoms with Crippen molar-refractivity contribution in [3.8, 4) is 11.3 Å². The maximum absolute atomic E-state index is 12.7. The van der Waals surface area contributed by atoms with E-state index in [1.54, 1.807) is 24.4 Å². The van der Waals surface area contributed by atoms with Crippen molar-refractivity contribution in [2.75, 3.05) is 13.4 Å². The molecule has 0 spiro atoms. The summed E-state index contributed by atoms with van der Waals surface area (Å²) in [7, 11) is 0. The van der Waals surface area contributed by atoms with Crippen LogP contribution in [0, 0.1) is 10.1 Å². The van der Waals surface area contributed by atoms with Gasteiger partial charge in [0, 0.05) is 30.1 Å². The molecule has 1 aromatic carbocycles. The Balaban J connectivity index is 1.75. The van der Waals surface area contributed by atoms with Crippen LogP contribution in [0.25, 0.3) is 16.9 Å². The van der Waals surface area contributed by atoms with Crippen LogP contribution in [0.15, 0.2) is 47.5 Å². The Morgan fingerprint density at radius 1 is 1.27 bits per heavy atom. The SMILES string of the molecule is O=c1n([C@@H]2OCOC2CO)ccc2nc(-c3ccc([N+](=O)[O-])cc3)cn12. The maximum Gasteiger partial charge on any atom is 0.336 e. The molecule has 3 heterocycles. The highest BCUT2D eigenvalue weighted by molar-refractivity contribution is 5.63. The van der Waals surface area contributed by atoms with E-state index in [1.165, 1.54) is 27.3 Å². The number of hydrogen-bond donors (Lipinski definition) is 1. The molecule has 1 aliphatic rings. The molecular weight excluding hydrogens is 344 g/mol. The number of fused-ring (bicyclic) bond motifs is 1. The van der Waals surface area contributed by atoms with Gasteiger partial charge in [0.15, 0.2) is 6.23 Å². The third-order valence-corrected chi connectivity index (χ3v) is 4.21. The smallest absolute Gasteiger partial charge is 0.336 e. The molecule has 2 aromatic heterocycles. The number of aromatic nitrogens is 3. The first-order valence-corrected chi connectivity index (χ1v) is 7.77. The van der Waals surface area contributed by atoms with Crippen LogP contribution in [-0.4, -0.2) is 43.5 Å². The van der Waals surface area contributed by atoms with E-state index in [4.69, 9.17) is 9.47 Å². The van der Waals surface area contributed by atoms with Crippen molar-refractivity contribution >= 4 is 11.3 Å². The molecule has 4 rings (SSSR count). The van der Waals surface area contributed by atoms with E-state index >= 15 is 0 Å². The normalized spacial score (nSPS) is 19.9. The molecule has 134 valence electrons. The standard InChI is InChI=1S/C16H14N4O6/c21-8-13-15(26-9-25-13)18-6-5-14-17-12(7-19(14)16(18)22)10-1-3-11(4-2-10)20(23)24/h1-7,13,15,21H,8-9H2/t13?,15-/m1/s1. The molecule has 0 aliphatic carbocycles. The van der Waals surface area contributed by atoms with Crippen LogP contribution in [0.1, 0.15) is 6.23 Å². The number of nitro groups is 1. The molecule has 1 aliphatic heterocycles. The molecule has 1 fully saturated rings. The van der Waals surface area contributed by atoms with Crippen molar-refractivity contribution in [1.82, 2.24) is 14.0 Å². The molecule has 1 N–H and O–H groups in total. The fourth-order valence-corrected chi connectivity index (χ4v) is 2.88. The summed E-state index contributed by atoms with van der Waals surface area (Å²) in [4.78, 5) is 27.4. The first-order chi connectivity index (χ1) is 12.6. The summed E-state index contributed by atoms with van der Waals surface area (Å²) >= 11 is 0. The Labute approximate surface area is 146 Å². The van der Waals surface area contributed by atoms with Crippen LogP contribution < -0.4 is 5.69 Å². The third-order valence-electron chi connectivity index (χ3n) is 4.21. The number of nitro benzene ring substituents is 1. The van der Waals surface area contributed by atoms with Gasteiger partial charge in [-0.25, -0.2) is 9.78 Å². The third kappa shape index (κ3) is 2.65. The molecule has 3 aromatic rings. The van der Waals surface area contributed by atoms with E-state index in [-0.39, 0.29) is 19.1 Å². The van der Waals surface area contributed by atoms with Crippen molar-refractivity contribution in [1.29, 1.82) is 0 Å². The summed E-state index contributed by atoms with van der Waals surface area (Å²) in [6.07, 6.45) is 1.75. The van der Waals surface area contributed by atoms with Crippen molar-refractivity contribution in [2.45, 2.75) is 12.3 Å². The molecule has 2 atom stereocenters. The minimum absolute atomic E-state index is 0.00164. The molecule has 10 nitrogen and oxygen atoms in total. The second kappa shape index (κ2) is 6.33. The quantitative estimate of drug-likeness (QED) is 0.544. The molecule has 0 amide bonds. The van der Waals surface area contributed by atoms with E-state index in [2.05, 4.69) is 4.98 Å². The zero-order chi connectivity index (χ0) is 18.3. The lowest BCUT2D eigenvalue weighted by Gasteiger charge is -2.17. The Morgan fingerprint density at radius 3 is 2.73 bits per heavy atom. The largest absolute Gasteiger partial charge is 0.393 e. The molecule has 26 heavy (non-hydrogen) atoms. The van der Waals surface area contributed by atoms with E-state index in [1.807, 2.05) is 0 Å². The molecule has 0 saturated carbocycles. The molecule has 0 bridgehead atoms. The topological polar surface area (TPSA) is 121 Å². The molecular formula is C16H14N4O6. The minimum Gasteiger partial charge on any atom is -0.393 e. The predicted molar refractivity (Wildman–Crippen MR) is 88.5 cm³/mol. The lowest BCUT2D eigenvalue weighted by atomic mass is 10.1. The van der Waals surface area contributed by atoms with Gasteiger partial charge >= 0.3 is 5.69 Å². The monoisotopic (exact) mass is 358 g/mol. The van der Waals surface area contributed by atoms with Gasteiger partial charge in [-0.1, -0.05) is 0 Å². The number of hydrogen-bond acceptors (Lipinski definition) is 7. The minimum atomic E-state index is -0.720. The Bertz CT molecular complexity index is 1030. The second-order valence-corrected chi connectivity index (χ2v) is 5.73. The van der Waals surface area contributed by atoms with E-state index in [9.17, 15) is 20.0 Å². The Morgan fingerprint density at radius 2 is 2.04 bits per heavy atom. The number of nitrogens with zero attached hydrogens (tertiary/aromatic N) is 4. The van der Waals surface area contributed by atoms with E-state index in [0.717, 1.165) is 0 Å². The number of non-ortho nitro benzene ring substituents is 1. The van der Waals surface area contributed by atoms with Gasteiger partial charge in [-0.15, -0.1) is 0 Å². The second-order valence-electron chi connectivity index (χ2n) is 5.73. The van der Waals surface area contributed by atoms with Crippen LogP contribution >= 0.6 is 0 Å². The van der Waals surface area contributed by atoms with Gasteiger partial charge in [0.05, 0.1) is 17.2 Å². The maximum atomic E-state index is 12.7. The lowest BCUT2D eigenvalue weighted by molar-refractivity contribution is -0.384. The summed E-state index contributed by atoms with van der Waals surface area (Å²) in [6, 6.07) is 7.56. The van der Waals surface area contributed by atoms with Gasteiger partial charge in [0.2, 0.25) is 0 Å². The van der Waals surface area contributed by atoms with E-state index in [0.29, 0.717) is 16.9 Å². The molecule has 10 heteroatoms. The fraction of sp³-hybridized carbons (Fsp3) is 0.250. The van der Waals surface area contributed by atoms with Gasteiger partial charge < -0.3 is 14.6 Å². The number of aliphatic hydroxyl groups excluding tert-OH is 1. The number of aliphatic hydroxyl groups is 1. The summed E-state index contributed by atoms with van der Waals surface area (Å²) in [6.45, 7) is -0.272. The highest BCUT2D eigenvalue weighted by Crippen LogP contribution is 2.24. The molecule has 1 saturated heterocycles. The van der Waals surface area contributed by atoms with Gasteiger partial charge in [-0.05, 0) is 18.2 Å². The van der Waals surface area contributed by atoms with Crippen LogP contribution in [-0.2, 0) is 9.47 Å². The van der Waals surface area contributed by atoms with Crippen LogP contribution in [0.2, 0.25) is 0 Å². The Kier molecular flexibility index (Phi) is 3.99. The number of rotatable bonds is 4. The number of ether oxygens (including phenoxy) is 2. The summed E-state index contributed by atoms with van der Waals surface area (Å²) in [5.74, 6) is 0. The average molecular weight is 358 g/mol.